The number of carboxylic acid groups (broad SMARTS) is 1. The van der Waals surface area contributed by atoms with E-state index in [1.165, 1.54) is 6.92 Å². The Morgan fingerprint density at radius 1 is 1.25 bits per heavy atom. The van der Waals surface area contributed by atoms with Crippen molar-refractivity contribution in [1.29, 1.82) is 0 Å². The lowest BCUT2D eigenvalue weighted by molar-refractivity contribution is -0.141. The first-order chi connectivity index (χ1) is 9.17. The molecule has 0 radical (unpaired) electrons. The highest BCUT2D eigenvalue weighted by molar-refractivity contribution is 6.70. The molecule has 6 heteroatoms. The predicted octanol–water partition coefficient (Wildman–Crippen LogP) is 2.03. The summed E-state index contributed by atoms with van der Waals surface area (Å²) < 4.78 is 5.83. The third kappa shape index (κ3) is 5.88. The van der Waals surface area contributed by atoms with Crippen molar-refractivity contribution in [2.75, 3.05) is 0 Å². The van der Waals surface area contributed by atoms with Crippen LogP contribution in [0.4, 0.5) is 0 Å². The normalized spacial score (nSPS) is 12.6. The Bertz CT molecular complexity index is 479. The van der Waals surface area contributed by atoms with Crippen LogP contribution in [0.3, 0.4) is 0 Å². The Labute approximate surface area is 120 Å². The summed E-state index contributed by atoms with van der Waals surface area (Å²) in [5.74, 6) is -0.599. The molecule has 0 fully saturated rings. The van der Waals surface area contributed by atoms with Gasteiger partial charge in [-0.1, -0.05) is 12.1 Å². The summed E-state index contributed by atoms with van der Waals surface area (Å²) in [4.78, 5) is 22.0. The largest absolute Gasteiger partial charge is 0.544 e. The second kappa shape index (κ2) is 6.56. The van der Waals surface area contributed by atoms with Crippen LogP contribution in [0.5, 0.6) is 5.75 Å². The van der Waals surface area contributed by atoms with Crippen molar-refractivity contribution in [3.63, 3.8) is 0 Å². The second-order valence-electron chi connectivity index (χ2n) is 5.65. The Hall–Kier alpha value is -1.82. The van der Waals surface area contributed by atoms with E-state index in [1.54, 1.807) is 0 Å². The fourth-order valence-corrected chi connectivity index (χ4v) is 2.57. The highest BCUT2D eigenvalue weighted by atomic mass is 28.4. The van der Waals surface area contributed by atoms with E-state index in [1.807, 2.05) is 24.3 Å². The molecule has 5 nitrogen and oxygen atoms in total. The van der Waals surface area contributed by atoms with Crippen molar-refractivity contribution in [1.82, 2.24) is 5.32 Å². The van der Waals surface area contributed by atoms with Crippen molar-refractivity contribution in [3.05, 3.63) is 29.8 Å². The predicted molar refractivity (Wildman–Crippen MR) is 79.4 cm³/mol. The molecule has 0 aliphatic carbocycles. The molecule has 1 aromatic carbocycles. The average Bonchev–Trinajstić information content (AvgIpc) is 2.28. The summed E-state index contributed by atoms with van der Waals surface area (Å²) in [5, 5.41) is 11.5. The van der Waals surface area contributed by atoms with Crippen LogP contribution in [0.1, 0.15) is 12.5 Å². The first-order valence-corrected chi connectivity index (χ1v) is 9.86. The van der Waals surface area contributed by atoms with Crippen LogP contribution in [0.15, 0.2) is 24.3 Å². The number of hydrogen-bond acceptors (Lipinski definition) is 3. The third-order valence-electron chi connectivity index (χ3n) is 2.46. The van der Waals surface area contributed by atoms with Crippen LogP contribution in [0, 0.1) is 0 Å². The molecule has 1 amide bonds. The summed E-state index contributed by atoms with van der Waals surface area (Å²) in [6.45, 7) is 7.59. The average molecular weight is 295 g/mol. The van der Waals surface area contributed by atoms with Gasteiger partial charge in [-0.05, 0) is 37.3 Å². The number of amides is 1. The summed E-state index contributed by atoms with van der Waals surface area (Å²) in [5.41, 5.74) is 0.842. The molecule has 1 aromatic rings. The van der Waals surface area contributed by atoms with Crippen LogP contribution in [-0.2, 0) is 16.0 Å². The Morgan fingerprint density at radius 2 is 1.80 bits per heavy atom. The lowest BCUT2D eigenvalue weighted by Gasteiger charge is -2.19. The lowest BCUT2D eigenvalue weighted by Crippen LogP contribution is -2.41. The Kier molecular flexibility index (Phi) is 5.32. The van der Waals surface area contributed by atoms with Crippen molar-refractivity contribution < 1.29 is 19.1 Å². The highest BCUT2D eigenvalue weighted by Gasteiger charge is 2.19. The minimum absolute atomic E-state index is 0.252. The molecule has 20 heavy (non-hydrogen) atoms. The molecule has 0 saturated heterocycles. The second-order valence-corrected chi connectivity index (χ2v) is 10.1. The van der Waals surface area contributed by atoms with Gasteiger partial charge in [0.2, 0.25) is 14.2 Å². The van der Waals surface area contributed by atoms with Crippen LogP contribution in [0.2, 0.25) is 19.6 Å². The van der Waals surface area contributed by atoms with Gasteiger partial charge in [0.05, 0.1) is 0 Å². The summed E-state index contributed by atoms with van der Waals surface area (Å²) in [6, 6.07) is 6.41. The van der Waals surface area contributed by atoms with Crippen molar-refractivity contribution in [2.45, 2.75) is 39.0 Å². The molecule has 0 heterocycles. The number of benzene rings is 1. The monoisotopic (exact) mass is 295 g/mol. The van der Waals surface area contributed by atoms with E-state index >= 15 is 0 Å². The molecule has 0 bridgehead atoms. The molecule has 0 aliphatic rings. The number of hydrogen-bond donors (Lipinski definition) is 2. The number of rotatable bonds is 6. The van der Waals surface area contributed by atoms with Crippen molar-refractivity contribution >= 4 is 20.2 Å². The minimum Gasteiger partial charge on any atom is -0.544 e. The van der Waals surface area contributed by atoms with Gasteiger partial charge < -0.3 is 14.8 Å². The van der Waals surface area contributed by atoms with Crippen LogP contribution in [-0.4, -0.2) is 31.3 Å². The molecule has 0 saturated carbocycles. The van der Waals surface area contributed by atoms with Gasteiger partial charge >= 0.3 is 5.97 Å². The maximum atomic E-state index is 11.1. The zero-order chi connectivity index (χ0) is 15.3. The van der Waals surface area contributed by atoms with E-state index in [9.17, 15) is 9.59 Å². The smallest absolute Gasteiger partial charge is 0.326 e. The fourth-order valence-electron chi connectivity index (χ4n) is 1.73. The van der Waals surface area contributed by atoms with Crippen LogP contribution in [0.25, 0.3) is 0 Å². The maximum absolute atomic E-state index is 11.1. The van der Waals surface area contributed by atoms with Crippen molar-refractivity contribution in [2.24, 2.45) is 0 Å². The van der Waals surface area contributed by atoms with Gasteiger partial charge in [-0.15, -0.1) is 0 Å². The van der Waals surface area contributed by atoms with Gasteiger partial charge in [-0.3, -0.25) is 4.79 Å². The highest BCUT2D eigenvalue weighted by Crippen LogP contribution is 2.17. The van der Waals surface area contributed by atoms with Gasteiger partial charge in [0.1, 0.15) is 11.8 Å². The third-order valence-corrected chi connectivity index (χ3v) is 3.31. The molecule has 2 N–H and O–H groups in total. The van der Waals surface area contributed by atoms with Gasteiger partial charge in [0.15, 0.2) is 0 Å². The summed E-state index contributed by atoms with van der Waals surface area (Å²) >= 11 is 0. The molecule has 0 spiro atoms. The fraction of sp³-hybridized carbons (Fsp3) is 0.429. The molecular formula is C14H21NO4Si. The van der Waals surface area contributed by atoms with Gasteiger partial charge in [0.25, 0.3) is 0 Å². The number of carbonyl (C=O) groups is 2. The van der Waals surface area contributed by atoms with E-state index in [-0.39, 0.29) is 12.3 Å². The number of carboxylic acids is 1. The zero-order valence-electron chi connectivity index (χ0n) is 12.3. The van der Waals surface area contributed by atoms with E-state index in [4.69, 9.17) is 9.53 Å². The maximum Gasteiger partial charge on any atom is 0.326 e. The minimum atomic E-state index is -1.64. The first-order valence-electron chi connectivity index (χ1n) is 6.45. The lowest BCUT2D eigenvalue weighted by atomic mass is 10.1. The molecule has 110 valence electrons. The first kappa shape index (κ1) is 16.2. The topological polar surface area (TPSA) is 75.6 Å². The van der Waals surface area contributed by atoms with E-state index in [2.05, 4.69) is 25.0 Å². The van der Waals surface area contributed by atoms with E-state index in [0.717, 1.165) is 11.3 Å². The van der Waals surface area contributed by atoms with E-state index in [0.29, 0.717) is 0 Å². The van der Waals surface area contributed by atoms with Crippen LogP contribution >= 0.6 is 0 Å². The SMILES string of the molecule is CC(=O)N[C@@H](Cc1ccc(O[Si](C)(C)C)cc1)C(=O)O. The summed E-state index contributed by atoms with van der Waals surface area (Å²) in [7, 11) is -1.64. The molecular weight excluding hydrogens is 274 g/mol. The van der Waals surface area contributed by atoms with E-state index < -0.39 is 20.3 Å². The number of aliphatic carboxylic acids is 1. The molecule has 0 unspecified atom stereocenters. The Balaban J connectivity index is 2.72. The molecule has 1 rings (SSSR count). The van der Waals surface area contributed by atoms with Gasteiger partial charge in [0, 0.05) is 13.3 Å². The summed E-state index contributed by atoms with van der Waals surface area (Å²) in [6.07, 6.45) is 0.252. The Morgan fingerprint density at radius 3 is 2.20 bits per heavy atom. The molecule has 1 atom stereocenters. The standard InChI is InChI=1S/C14H21NO4Si/c1-10(16)15-13(14(17)18)9-11-5-7-12(8-6-11)19-20(2,3)4/h5-8,13H,9H2,1-4H3,(H,15,16)(H,17,18)/t13-/m0/s1. The van der Waals surface area contributed by atoms with Crippen molar-refractivity contribution in [3.8, 4) is 5.75 Å². The quantitative estimate of drug-likeness (QED) is 0.787. The number of nitrogens with one attached hydrogen (secondary N) is 1. The van der Waals surface area contributed by atoms with Gasteiger partial charge in [-0.25, -0.2) is 4.79 Å². The van der Waals surface area contributed by atoms with Crippen LogP contribution < -0.4 is 9.74 Å². The molecule has 0 aliphatic heterocycles. The molecule has 0 aromatic heterocycles. The number of carbonyl (C=O) groups excluding carboxylic acids is 1. The van der Waals surface area contributed by atoms with Gasteiger partial charge in [-0.2, -0.15) is 0 Å². The zero-order valence-corrected chi connectivity index (χ0v) is 13.3.